The molecule has 1 aromatic rings. The molecule has 2 saturated carbocycles. The van der Waals surface area contributed by atoms with E-state index in [1.165, 1.54) is 5.56 Å². The summed E-state index contributed by atoms with van der Waals surface area (Å²) in [6, 6.07) is 10.9. The van der Waals surface area contributed by atoms with Crippen molar-refractivity contribution < 1.29 is 14.3 Å². The van der Waals surface area contributed by atoms with Crippen molar-refractivity contribution in [2.45, 2.75) is 81.9 Å². The van der Waals surface area contributed by atoms with Crippen LogP contribution in [-0.2, 0) is 9.53 Å². The molecule has 1 N–H and O–H groups in total. The van der Waals surface area contributed by atoms with Crippen molar-refractivity contribution in [1.29, 1.82) is 5.26 Å². The minimum absolute atomic E-state index is 0.00982. The summed E-state index contributed by atoms with van der Waals surface area (Å²) in [6.07, 6.45) is 9.61. The average Bonchev–Trinajstić information content (AvgIpc) is 2.82. The number of carbonyl (C=O) groups excluding carboxylic acids is 1. The fraction of sp³-hybridized carbons (Fsp3) is 0.692. The SMILES string of the molecule is N#CC1(CN[C@H]2CCCN3C(=O)COc4ccccc4C4CCC(CC4)OCC23)CCC1. The molecule has 1 saturated heterocycles. The molecule has 3 aliphatic heterocycles. The number of amides is 1. The summed E-state index contributed by atoms with van der Waals surface area (Å²) < 4.78 is 12.5. The predicted molar refractivity (Wildman–Crippen MR) is 121 cm³/mol. The van der Waals surface area contributed by atoms with Crippen LogP contribution in [0.1, 0.15) is 69.3 Å². The molecule has 2 aliphatic carbocycles. The summed E-state index contributed by atoms with van der Waals surface area (Å²) in [5, 5.41) is 13.3. The van der Waals surface area contributed by atoms with Crippen LogP contribution in [0.4, 0.5) is 0 Å². The molecule has 0 aromatic heterocycles. The first-order chi connectivity index (χ1) is 15.7. The second-order valence-corrected chi connectivity index (χ2v) is 10.2. The lowest BCUT2D eigenvalue weighted by molar-refractivity contribution is -0.141. The maximum atomic E-state index is 13.3. The van der Waals surface area contributed by atoms with E-state index < -0.39 is 0 Å². The van der Waals surface area contributed by atoms with Crippen LogP contribution in [0.5, 0.6) is 5.75 Å². The number of rotatable bonds is 3. The number of fused-ring (bicyclic) bond motifs is 5. The van der Waals surface area contributed by atoms with Crippen LogP contribution in [-0.4, -0.2) is 55.3 Å². The molecule has 6 heteroatoms. The smallest absolute Gasteiger partial charge is 0.260 e. The third-order valence-electron chi connectivity index (χ3n) is 8.24. The highest BCUT2D eigenvalue weighted by molar-refractivity contribution is 5.78. The molecule has 6 rings (SSSR count). The molecule has 2 atom stereocenters. The number of carbonyl (C=O) groups is 1. The number of hydrogen-bond donors (Lipinski definition) is 1. The van der Waals surface area contributed by atoms with Gasteiger partial charge in [-0.25, -0.2) is 0 Å². The summed E-state index contributed by atoms with van der Waals surface area (Å²) in [5.41, 5.74) is 1.01. The second kappa shape index (κ2) is 9.41. The maximum Gasteiger partial charge on any atom is 0.260 e. The summed E-state index contributed by atoms with van der Waals surface area (Å²) in [7, 11) is 0. The number of para-hydroxylation sites is 1. The van der Waals surface area contributed by atoms with Gasteiger partial charge in [0.05, 0.1) is 30.2 Å². The van der Waals surface area contributed by atoms with Crippen molar-refractivity contribution in [1.82, 2.24) is 10.2 Å². The van der Waals surface area contributed by atoms with Gasteiger partial charge in [0.25, 0.3) is 5.91 Å². The van der Waals surface area contributed by atoms with Crippen molar-refractivity contribution in [3.63, 3.8) is 0 Å². The largest absolute Gasteiger partial charge is 0.483 e. The zero-order valence-electron chi connectivity index (χ0n) is 18.9. The van der Waals surface area contributed by atoms with Gasteiger partial charge in [0, 0.05) is 19.1 Å². The van der Waals surface area contributed by atoms with Crippen LogP contribution in [0, 0.1) is 16.7 Å². The van der Waals surface area contributed by atoms with E-state index >= 15 is 0 Å². The number of nitrogens with zero attached hydrogens (tertiary/aromatic N) is 2. The Balaban J connectivity index is 1.35. The van der Waals surface area contributed by atoms with Crippen molar-refractivity contribution in [2.24, 2.45) is 5.41 Å². The Bertz CT molecular complexity index is 854. The summed E-state index contributed by atoms with van der Waals surface area (Å²) >= 11 is 0. The summed E-state index contributed by atoms with van der Waals surface area (Å²) in [6.45, 7) is 2.08. The van der Waals surface area contributed by atoms with E-state index in [2.05, 4.69) is 23.5 Å². The minimum Gasteiger partial charge on any atom is -0.483 e. The first kappa shape index (κ1) is 21.7. The van der Waals surface area contributed by atoms with E-state index in [0.29, 0.717) is 19.1 Å². The number of ether oxygens (including phenoxy) is 2. The van der Waals surface area contributed by atoms with E-state index in [4.69, 9.17) is 9.47 Å². The monoisotopic (exact) mass is 437 g/mol. The Labute approximate surface area is 191 Å². The second-order valence-electron chi connectivity index (χ2n) is 10.2. The molecule has 32 heavy (non-hydrogen) atoms. The standard InChI is InChI=1S/C26H35N3O3/c27-17-26(12-4-13-26)18-28-22-6-3-14-29-23(22)15-31-20-10-8-19(9-11-20)21-5-1-2-7-24(21)32-16-25(29)30/h1-2,5,7,19-20,22-23,28H,3-4,6,8-16,18H2/t19?,20?,22-,23?/m0/s1. The molecule has 1 aromatic carbocycles. The molecule has 1 unspecified atom stereocenters. The van der Waals surface area contributed by atoms with Gasteiger partial charge in [-0.3, -0.25) is 4.79 Å². The van der Waals surface area contributed by atoms with Gasteiger partial charge in [-0.05, 0) is 68.9 Å². The molecular weight excluding hydrogens is 402 g/mol. The molecule has 3 fully saturated rings. The van der Waals surface area contributed by atoms with Gasteiger partial charge in [0.1, 0.15) is 5.75 Å². The number of benzene rings is 1. The molecule has 3 heterocycles. The lowest BCUT2D eigenvalue weighted by Crippen LogP contribution is -2.60. The van der Waals surface area contributed by atoms with E-state index in [9.17, 15) is 10.1 Å². The van der Waals surface area contributed by atoms with E-state index in [0.717, 1.165) is 70.1 Å². The molecular formula is C26H35N3O3. The van der Waals surface area contributed by atoms with Crippen LogP contribution in [0.25, 0.3) is 0 Å². The van der Waals surface area contributed by atoms with Crippen molar-refractivity contribution in [3.8, 4) is 11.8 Å². The highest BCUT2D eigenvalue weighted by atomic mass is 16.5. The quantitative estimate of drug-likeness (QED) is 0.779. The first-order valence-electron chi connectivity index (χ1n) is 12.4. The number of hydrogen-bond acceptors (Lipinski definition) is 5. The minimum atomic E-state index is -0.221. The van der Waals surface area contributed by atoms with Crippen molar-refractivity contribution >= 4 is 5.91 Å². The predicted octanol–water partition coefficient (Wildman–Crippen LogP) is 3.76. The molecule has 2 bridgehead atoms. The third kappa shape index (κ3) is 4.38. The molecule has 172 valence electrons. The Morgan fingerprint density at radius 1 is 1.12 bits per heavy atom. The van der Waals surface area contributed by atoms with Gasteiger partial charge >= 0.3 is 0 Å². The highest BCUT2D eigenvalue weighted by Crippen LogP contribution is 2.40. The Morgan fingerprint density at radius 3 is 2.69 bits per heavy atom. The first-order valence-corrected chi connectivity index (χ1v) is 12.4. The van der Waals surface area contributed by atoms with Gasteiger partial charge in [-0.15, -0.1) is 0 Å². The van der Waals surface area contributed by atoms with Gasteiger partial charge in [-0.1, -0.05) is 24.6 Å². The Kier molecular flexibility index (Phi) is 6.39. The van der Waals surface area contributed by atoms with E-state index in [1.807, 2.05) is 17.0 Å². The number of nitriles is 1. The number of piperidine rings is 1. The van der Waals surface area contributed by atoms with Crippen LogP contribution < -0.4 is 10.1 Å². The zero-order chi connectivity index (χ0) is 22.0. The fourth-order valence-electron chi connectivity index (χ4n) is 6.02. The van der Waals surface area contributed by atoms with Crippen LogP contribution in [0.2, 0.25) is 0 Å². The molecule has 0 spiro atoms. The van der Waals surface area contributed by atoms with Crippen LogP contribution in [0.15, 0.2) is 24.3 Å². The molecule has 0 radical (unpaired) electrons. The number of nitrogens with one attached hydrogen (secondary N) is 1. The zero-order valence-corrected chi connectivity index (χ0v) is 18.9. The summed E-state index contributed by atoms with van der Waals surface area (Å²) in [5.74, 6) is 1.36. The van der Waals surface area contributed by atoms with Gasteiger partial charge < -0.3 is 19.7 Å². The van der Waals surface area contributed by atoms with Gasteiger partial charge in [0.15, 0.2) is 6.61 Å². The molecule has 6 nitrogen and oxygen atoms in total. The maximum absolute atomic E-state index is 13.3. The van der Waals surface area contributed by atoms with Gasteiger partial charge in [0.2, 0.25) is 0 Å². The van der Waals surface area contributed by atoms with E-state index in [1.54, 1.807) is 0 Å². The Hall–Kier alpha value is -2.10. The van der Waals surface area contributed by atoms with Crippen molar-refractivity contribution in [2.75, 3.05) is 26.3 Å². The highest BCUT2D eigenvalue weighted by Gasteiger charge is 2.41. The van der Waals surface area contributed by atoms with Gasteiger partial charge in [-0.2, -0.15) is 5.26 Å². The molecule has 1 amide bonds. The lowest BCUT2D eigenvalue weighted by Gasteiger charge is -2.44. The van der Waals surface area contributed by atoms with Crippen molar-refractivity contribution in [3.05, 3.63) is 29.8 Å². The topological polar surface area (TPSA) is 74.6 Å². The lowest BCUT2D eigenvalue weighted by atomic mass is 9.70. The van der Waals surface area contributed by atoms with Crippen LogP contribution >= 0.6 is 0 Å². The van der Waals surface area contributed by atoms with E-state index in [-0.39, 0.29) is 36.1 Å². The normalized spacial score (nSPS) is 32.1. The van der Waals surface area contributed by atoms with Crippen LogP contribution in [0.3, 0.4) is 0 Å². The third-order valence-corrected chi connectivity index (χ3v) is 8.24. The average molecular weight is 438 g/mol. The fourth-order valence-corrected chi connectivity index (χ4v) is 6.02. The summed E-state index contributed by atoms with van der Waals surface area (Å²) in [4.78, 5) is 15.3. The Morgan fingerprint density at radius 2 is 1.94 bits per heavy atom. The molecule has 5 aliphatic rings.